The summed E-state index contributed by atoms with van der Waals surface area (Å²) >= 11 is 0. The quantitative estimate of drug-likeness (QED) is 0.0181. The molecule has 72 heteroatoms. The van der Waals surface area contributed by atoms with Gasteiger partial charge in [0.2, 0.25) is 0 Å². The van der Waals surface area contributed by atoms with Crippen LogP contribution in [0.25, 0.3) is 44.7 Å². The van der Waals surface area contributed by atoms with E-state index in [0.29, 0.717) is 0 Å². The fraction of sp³-hybridized carbons (Fsp3) is 0.530. The Morgan fingerprint density at radius 3 is 0.891 bits per heavy atom. The van der Waals surface area contributed by atoms with Crippen molar-refractivity contribution in [3.8, 4) is 0 Å². The zero-order chi connectivity index (χ0) is 97.4. The number of aliphatic hydroxyl groups excluding tert-OH is 2. The maximum Gasteiger partial charge on any atom is 0.472 e. The smallest absolute Gasteiger partial charge is 0.394 e. The minimum Gasteiger partial charge on any atom is -0.394 e. The lowest BCUT2D eigenvalue weighted by Crippen LogP contribution is -2.32. The van der Waals surface area contributed by atoms with Crippen LogP contribution in [0.5, 0.6) is 0 Å². The second-order valence-electron chi connectivity index (χ2n) is 31.6. The van der Waals surface area contributed by atoms with E-state index in [1.54, 1.807) is 0 Å². The number of rotatable bonds is 38. The summed E-state index contributed by atoms with van der Waals surface area (Å²) in [7, 11) is -33.0. The number of anilines is 6. The fourth-order valence-corrected chi connectivity index (χ4v) is 22.0. The topological polar surface area (TPSA) is 908 Å². The first-order valence-electron chi connectivity index (χ1n) is 41.1. The highest BCUT2D eigenvalue weighted by molar-refractivity contribution is 7.48. The lowest BCUT2D eigenvalue weighted by Gasteiger charge is -2.26. The summed E-state index contributed by atoms with van der Waals surface area (Å²) in [5.41, 5.74) is 32.3. The summed E-state index contributed by atoms with van der Waals surface area (Å²) in [6.07, 6.45) is -22.6. The minimum absolute atomic E-state index is 0.00349. The number of nitrogens with zero attached hydrogens (tertiary/aromatic N) is 22. The number of nitrogens with one attached hydrogen (secondary N) is 1. The van der Waals surface area contributed by atoms with E-state index in [1.165, 1.54) is 68.0 Å². The summed E-state index contributed by atoms with van der Waals surface area (Å²) < 4.78 is 203. The molecule has 7 aliphatic heterocycles. The number of phosphoric ester groups is 6. The van der Waals surface area contributed by atoms with Crippen LogP contribution in [0, 0.1) is 0 Å². The van der Waals surface area contributed by atoms with Gasteiger partial charge in [0.15, 0.2) is 45.6 Å². The molecule has 138 heavy (non-hydrogen) atoms. The summed E-state index contributed by atoms with van der Waals surface area (Å²) in [6.45, 7) is -6.89. The highest BCUT2D eigenvalue weighted by Gasteiger charge is 2.53. The van der Waals surface area contributed by atoms with Gasteiger partial charge in [-0.2, -0.15) is 15.0 Å². The Bertz CT molecular complexity index is 6940. The first kappa shape index (κ1) is 97.9. The van der Waals surface area contributed by atoms with Crippen molar-refractivity contribution in [1.82, 2.24) is 112 Å². The number of phosphoric acid groups is 6. The molecule has 0 saturated carbocycles. The molecule has 7 saturated heterocycles. The third-order valence-electron chi connectivity index (χ3n) is 22.7. The Labute approximate surface area is 767 Å². The van der Waals surface area contributed by atoms with Gasteiger partial charge in [-0.05, 0) is 18.2 Å². The molecule has 18 rings (SSSR count). The average Bonchev–Trinajstić information content (AvgIpc) is 1.71. The van der Waals surface area contributed by atoms with Crippen molar-refractivity contribution in [3.05, 3.63) is 123 Å². The molecular formula is C66H83N29O37P6. The predicted octanol–water partition coefficient (Wildman–Crippen LogP) is -2.32. The van der Waals surface area contributed by atoms with Crippen molar-refractivity contribution in [2.45, 2.75) is 174 Å². The fourth-order valence-electron chi connectivity index (χ4n) is 16.2. The van der Waals surface area contributed by atoms with Crippen LogP contribution in [0.1, 0.15) is 88.5 Å². The normalized spacial score (nSPS) is 30.0. The molecule has 0 aliphatic carbocycles. The van der Waals surface area contributed by atoms with Gasteiger partial charge in [-0.25, -0.2) is 96.7 Å². The molecule has 66 nitrogen and oxygen atoms in total. The number of nitrogen functional groups attached to an aromatic ring is 6. The van der Waals surface area contributed by atoms with Crippen molar-refractivity contribution >= 4 is 126 Å². The molecule has 0 bridgehead atoms. The molecule has 0 aromatic carbocycles. The number of H-pyrrole nitrogens is 1. The number of nitrogens with two attached hydrogens (primary N) is 6. The Hall–Kier alpha value is -10.3. The summed E-state index contributed by atoms with van der Waals surface area (Å²) in [4.78, 5) is 173. The SMILES string of the molecule is Nc1ccn([C@H]2C[C@H](OP(=O)(O)OC[C@H]3O[C@@H](n4ccc(N)nc4=O)C[C@@H]3OP(=O)(O)OC[C@H]3O[C@@H](n4ccc(N)nc4=O)C[C@@H]3OP(=O)(O)OC[C@H]3O[C@@H](n4cnc5c(N)ncnc54)C[C@@H]3OP(=O)(O)OC[C@H]3O[C@@H](n4cnc5c(N)ncnc54)C[C@@H]3OP(=O)(O)OC[C@H]3O[C@@H](n4cnc5c(N)ncnc54)C[C@@H]3OP(=O)(O)OC[C@H]3O[C@@H](n4cnc5c(=O)[nH]nnc54)C[C@@H]3O)[C@@H](CO)O2)c(=O)n1. The van der Waals surface area contributed by atoms with Gasteiger partial charge in [0.05, 0.1) is 77.7 Å². The van der Waals surface area contributed by atoms with E-state index >= 15 is 0 Å². The Morgan fingerprint density at radius 1 is 0.341 bits per heavy atom. The highest BCUT2D eigenvalue weighted by Crippen LogP contribution is 2.58. The van der Waals surface area contributed by atoms with Crippen LogP contribution >= 0.6 is 46.9 Å². The second kappa shape index (κ2) is 39.3. The van der Waals surface area contributed by atoms with Crippen molar-refractivity contribution in [1.29, 1.82) is 0 Å². The van der Waals surface area contributed by atoms with Gasteiger partial charge in [0.1, 0.15) is 176 Å². The maximum absolute atomic E-state index is 14.7. The van der Waals surface area contributed by atoms with Crippen molar-refractivity contribution in [3.63, 3.8) is 0 Å². The van der Waals surface area contributed by atoms with Gasteiger partial charge >= 0.3 is 64.0 Å². The average molecular weight is 2060 g/mol. The van der Waals surface area contributed by atoms with Gasteiger partial charge < -0.3 is 107 Å². The Morgan fingerprint density at radius 2 is 0.594 bits per heavy atom. The van der Waals surface area contributed by atoms with Gasteiger partial charge in [0, 0.05) is 63.5 Å². The zero-order valence-corrected chi connectivity index (χ0v) is 75.8. The minimum atomic E-state index is -5.65. The van der Waals surface area contributed by atoms with Gasteiger partial charge in [0.25, 0.3) is 5.56 Å². The largest absolute Gasteiger partial charge is 0.472 e. The van der Waals surface area contributed by atoms with Gasteiger partial charge in [-0.3, -0.25) is 91.0 Å². The number of fused-ring (bicyclic) bond motifs is 4. The third kappa shape index (κ3) is 21.6. The summed E-state index contributed by atoms with van der Waals surface area (Å²) in [5, 5.41) is 30.8. The molecule has 21 N–H and O–H groups in total. The molecule has 0 amide bonds. The number of ether oxygens (including phenoxy) is 7. The number of imidazole rings is 4. The number of aliphatic hydroxyl groups is 2. The molecule has 7 aliphatic rings. The summed E-state index contributed by atoms with van der Waals surface area (Å²) in [6, 6.07) is 3.66. The van der Waals surface area contributed by atoms with Crippen LogP contribution in [0.15, 0.2) is 100 Å². The Kier molecular flexibility index (Phi) is 27.9. The van der Waals surface area contributed by atoms with E-state index in [2.05, 4.69) is 80.2 Å². The molecule has 744 valence electrons. The maximum atomic E-state index is 14.7. The first-order chi connectivity index (χ1) is 65.6. The standard InChI is InChI=1S/C66H83N29O37P6/c67-42-1-4-89(64(99)83-42)46-8-29(35(14-96)120-46)127-134(104,105)115-16-37-30(9-47(122-37)90-5-2-43(68)84-65(90)100)128-135(106,107)116-17-38-31(10-48(123-38)91-6-3-44(69)85-66(91)101)129-136(108,109)117-19-40-33(12-50(125-40)93-25-80-53-57(71)74-22-77-60(53)93)131-138(112,113)119-20-41-34(13-51(126-41)94-26-81-54-58(72)75-23-78-61(54)94)132-137(110,111)118-18-39-32(11-49(124-39)92-24-79-52-56(70)73-21-76-59(52)92)130-133(102,103)114-15-36-28(97)7-45(121-36)95-27-82-55-62(95)86-88-87-63(55)98/h1-6,21-41,45-51,96-97H,7-20H2,(H,102,103)(H,104,105)(H,106,107)(H,108,109)(H,110,111)(H,112,113)(H2,67,83,99)(H2,68,84,100)(H2,69,85,101)(H2,70,73,76)(H2,71,74,77)(H2,72,75,78)(H,86,87,98)/t28-,29-,30-,31-,32-,33-,34-,35+,36+,37+,38+,39+,40+,41+,45+,46+,47+,48+,49+,50+,51+/m0/s1. The van der Waals surface area contributed by atoms with Crippen molar-refractivity contribution in [2.24, 2.45) is 0 Å². The van der Waals surface area contributed by atoms with E-state index in [4.69, 9.17) is 122 Å². The van der Waals surface area contributed by atoms with Crippen LogP contribution in [0.2, 0.25) is 0 Å². The van der Waals surface area contributed by atoms with Crippen LogP contribution in [0.3, 0.4) is 0 Å². The van der Waals surface area contributed by atoms with Crippen LogP contribution < -0.4 is 57.0 Å². The van der Waals surface area contributed by atoms with E-state index < -0.39 is 271 Å². The van der Waals surface area contributed by atoms with E-state index in [9.17, 15) is 86.1 Å². The molecule has 6 unspecified atom stereocenters. The van der Waals surface area contributed by atoms with E-state index in [-0.39, 0.29) is 98.8 Å². The van der Waals surface area contributed by atoms with Crippen molar-refractivity contribution < 1.29 is 154 Å². The molecule has 18 heterocycles. The van der Waals surface area contributed by atoms with E-state index in [1.807, 2.05) is 0 Å². The molecule has 0 radical (unpaired) electrons. The second-order valence-corrected chi connectivity index (χ2v) is 40.0. The highest BCUT2D eigenvalue weighted by atomic mass is 31.2. The van der Waals surface area contributed by atoms with Gasteiger partial charge in [-0.1, -0.05) is 5.21 Å². The first-order valence-corrected chi connectivity index (χ1v) is 50.0. The number of hydrogen-bond acceptors (Lipinski definition) is 52. The lowest BCUT2D eigenvalue weighted by molar-refractivity contribution is -0.0651. The Balaban J connectivity index is 0.552. The number of aromatic nitrogens is 23. The van der Waals surface area contributed by atoms with Gasteiger partial charge in [-0.15, -0.1) is 5.10 Å². The molecule has 27 atom stereocenters. The number of aromatic amines is 1. The zero-order valence-electron chi connectivity index (χ0n) is 70.4. The van der Waals surface area contributed by atoms with E-state index in [0.717, 1.165) is 45.1 Å². The molecule has 11 aromatic heterocycles. The molecular weight excluding hydrogens is 1980 g/mol. The van der Waals surface area contributed by atoms with Crippen LogP contribution in [-0.2, 0) is 115 Å². The van der Waals surface area contributed by atoms with Crippen LogP contribution in [-0.4, -0.2) is 283 Å². The molecule has 11 aromatic rings. The van der Waals surface area contributed by atoms with Crippen LogP contribution in [0.4, 0.5) is 34.9 Å². The monoisotopic (exact) mass is 2060 g/mol. The molecule has 7 fully saturated rings. The third-order valence-corrected chi connectivity index (χ3v) is 28.7. The lowest BCUT2D eigenvalue weighted by atomic mass is 10.2. The predicted molar refractivity (Wildman–Crippen MR) is 451 cm³/mol. The van der Waals surface area contributed by atoms with Crippen molar-refractivity contribution in [2.75, 3.05) is 80.7 Å². The molecule has 0 spiro atoms. The number of hydrogen-bond donors (Lipinski definition) is 15. The summed E-state index contributed by atoms with van der Waals surface area (Å²) in [5.74, 6) is -0.800.